The lowest BCUT2D eigenvalue weighted by Crippen LogP contribution is -2.54. The van der Waals surface area contributed by atoms with Crippen molar-refractivity contribution in [2.45, 2.75) is 83.8 Å². The zero-order valence-corrected chi connectivity index (χ0v) is 24.6. The van der Waals surface area contributed by atoms with Gasteiger partial charge in [-0.15, -0.1) is 0 Å². The van der Waals surface area contributed by atoms with Crippen LogP contribution in [0.5, 0.6) is 0 Å². The second kappa shape index (κ2) is 11.7. The molecule has 3 amide bonds. The average molecular weight is 554 g/mol. The van der Waals surface area contributed by atoms with E-state index in [9.17, 15) is 14.4 Å². The fourth-order valence-corrected chi connectivity index (χ4v) is 5.43. The number of piperazine rings is 1. The van der Waals surface area contributed by atoms with Crippen molar-refractivity contribution < 1.29 is 32.6 Å². The van der Waals surface area contributed by atoms with Crippen LogP contribution in [0.25, 0.3) is 0 Å². The number of imide groups is 1. The summed E-state index contributed by atoms with van der Waals surface area (Å²) >= 11 is 0. The van der Waals surface area contributed by atoms with Crippen LogP contribution in [0.4, 0.5) is 19.3 Å². The van der Waals surface area contributed by atoms with E-state index >= 15 is 8.78 Å². The Labute approximate surface area is 225 Å². The van der Waals surface area contributed by atoms with E-state index in [2.05, 4.69) is 19.6 Å². The lowest BCUT2D eigenvalue weighted by Gasteiger charge is -2.41. The summed E-state index contributed by atoms with van der Waals surface area (Å²) in [7, 11) is -1.35. The minimum atomic E-state index is -1.35. The minimum Gasteiger partial charge on any atom is -0.444 e. The van der Waals surface area contributed by atoms with E-state index in [1.54, 1.807) is 25.7 Å². The first kappa shape index (κ1) is 30.0. The Morgan fingerprint density at radius 2 is 1.74 bits per heavy atom. The number of benzene rings is 1. The molecular weight excluding hydrogens is 512 g/mol. The number of nitrogens with zero attached hydrogens (tertiary/aromatic N) is 3. The van der Waals surface area contributed by atoms with Gasteiger partial charge in [-0.25, -0.2) is 13.6 Å². The number of anilines is 1. The third-order valence-corrected chi connectivity index (χ3v) is 8.46. The molecule has 0 saturated carbocycles. The molecule has 2 aliphatic heterocycles. The van der Waals surface area contributed by atoms with Gasteiger partial charge in [0.2, 0.25) is 11.8 Å². The second-order valence-electron chi connectivity index (χ2n) is 12.4. The van der Waals surface area contributed by atoms with Gasteiger partial charge in [0.25, 0.3) is 0 Å². The molecule has 0 spiro atoms. The Morgan fingerprint density at radius 1 is 1.11 bits per heavy atom. The van der Waals surface area contributed by atoms with Crippen molar-refractivity contribution in [2.75, 3.05) is 37.9 Å². The highest BCUT2D eigenvalue weighted by molar-refractivity contribution is 6.76. The van der Waals surface area contributed by atoms with Gasteiger partial charge in [0.15, 0.2) is 0 Å². The van der Waals surface area contributed by atoms with Crippen molar-refractivity contribution in [3.63, 3.8) is 0 Å². The molecule has 2 aliphatic rings. The molecule has 0 N–H and O–H groups in total. The summed E-state index contributed by atoms with van der Waals surface area (Å²) in [5, 5.41) is 0. The van der Waals surface area contributed by atoms with Gasteiger partial charge in [-0.1, -0.05) is 19.6 Å². The van der Waals surface area contributed by atoms with Crippen LogP contribution in [-0.4, -0.2) is 80.4 Å². The first-order valence-electron chi connectivity index (χ1n) is 13.2. The van der Waals surface area contributed by atoms with Crippen molar-refractivity contribution in [3.8, 4) is 0 Å². The van der Waals surface area contributed by atoms with Crippen LogP contribution in [0.15, 0.2) is 12.1 Å². The van der Waals surface area contributed by atoms with E-state index in [1.807, 2.05) is 11.8 Å². The van der Waals surface area contributed by atoms with E-state index in [0.29, 0.717) is 31.9 Å². The molecule has 2 heterocycles. The van der Waals surface area contributed by atoms with Crippen LogP contribution < -0.4 is 4.90 Å². The number of rotatable bonds is 7. The summed E-state index contributed by atoms with van der Waals surface area (Å²) in [6.45, 7) is 15.1. The van der Waals surface area contributed by atoms with Crippen molar-refractivity contribution in [1.82, 2.24) is 9.80 Å². The third kappa shape index (κ3) is 7.53. The standard InChI is InChI=1S/C27H41F2N3O5Si/c1-18-16-30(26(35)37-27(2,3)4)10-11-31(18)19-14-21(28)24(22(29)15-19)20-8-9-23(33)32(25(20)34)17-36-12-13-38(5,6)7/h14-15,18,20H,8-13,16-17H2,1-7H3/t18-,20?/m0/s1. The van der Waals surface area contributed by atoms with Crippen LogP contribution >= 0.6 is 0 Å². The van der Waals surface area contributed by atoms with Crippen molar-refractivity contribution in [1.29, 1.82) is 0 Å². The number of ether oxygens (including phenoxy) is 2. The molecule has 0 aromatic heterocycles. The van der Waals surface area contributed by atoms with Gasteiger partial charge in [0, 0.05) is 58.0 Å². The van der Waals surface area contributed by atoms with E-state index in [4.69, 9.17) is 9.47 Å². The quantitative estimate of drug-likeness (QED) is 0.270. The van der Waals surface area contributed by atoms with Gasteiger partial charge in [-0.3, -0.25) is 14.5 Å². The van der Waals surface area contributed by atoms with Crippen molar-refractivity contribution in [2.24, 2.45) is 0 Å². The average Bonchev–Trinajstić information content (AvgIpc) is 2.77. The van der Waals surface area contributed by atoms with Crippen molar-refractivity contribution >= 4 is 31.7 Å². The molecular formula is C27H41F2N3O5Si. The van der Waals surface area contributed by atoms with E-state index in [1.165, 1.54) is 12.1 Å². The van der Waals surface area contributed by atoms with Crippen LogP contribution in [-0.2, 0) is 19.1 Å². The fourth-order valence-electron chi connectivity index (χ4n) is 4.68. The maximum atomic E-state index is 15.4. The molecule has 11 heteroatoms. The molecule has 0 aliphatic carbocycles. The van der Waals surface area contributed by atoms with Gasteiger partial charge in [0.05, 0.1) is 5.92 Å². The monoisotopic (exact) mass is 553 g/mol. The summed E-state index contributed by atoms with van der Waals surface area (Å²) in [6.07, 6.45) is -0.365. The summed E-state index contributed by atoms with van der Waals surface area (Å²) in [5.41, 5.74) is -0.597. The second-order valence-corrected chi connectivity index (χ2v) is 18.0. The van der Waals surface area contributed by atoms with Crippen LogP contribution in [0.3, 0.4) is 0 Å². The minimum absolute atomic E-state index is 0.0120. The molecule has 2 fully saturated rings. The zero-order chi connectivity index (χ0) is 28.4. The molecule has 0 radical (unpaired) electrons. The molecule has 1 aromatic rings. The number of likely N-dealkylation sites (tertiary alicyclic amines) is 1. The molecule has 2 saturated heterocycles. The molecule has 3 rings (SSSR count). The summed E-state index contributed by atoms with van der Waals surface area (Å²) < 4.78 is 41.8. The lowest BCUT2D eigenvalue weighted by molar-refractivity contribution is -0.155. The largest absolute Gasteiger partial charge is 0.444 e. The van der Waals surface area contributed by atoms with Gasteiger partial charge in [-0.2, -0.15) is 0 Å². The van der Waals surface area contributed by atoms with Gasteiger partial charge >= 0.3 is 6.09 Å². The van der Waals surface area contributed by atoms with Gasteiger partial charge in [0.1, 0.15) is 24.0 Å². The normalized spacial score (nSPS) is 21.2. The number of hydrogen-bond acceptors (Lipinski definition) is 6. The first-order valence-corrected chi connectivity index (χ1v) is 16.9. The SMILES string of the molecule is C[C@H]1CN(C(=O)OC(C)(C)C)CCN1c1cc(F)c(C2CCC(=O)N(COCC[Si](C)(C)C)C2=O)c(F)c1. The number of piperidine rings is 1. The van der Waals surface area contributed by atoms with Crippen LogP contribution in [0.2, 0.25) is 25.7 Å². The van der Waals surface area contributed by atoms with Crippen LogP contribution in [0, 0.1) is 11.6 Å². The van der Waals surface area contributed by atoms with E-state index in [-0.39, 0.29) is 31.2 Å². The zero-order valence-electron chi connectivity index (χ0n) is 23.6. The Kier molecular flexibility index (Phi) is 9.23. The molecule has 1 unspecified atom stereocenters. The highest BCUT2D eigenvalue weighted by Crippen LogP contribution is 2.35. The maximum absolute atomic E-state index is 15.4. The Balaban J connectivity index is 1.71. The highest BCUT2D eigenvalue weighted by atomic mass is 28.3. The first-order chi connectivity index (χ1) is 17.6. The molecule has 0 bridgehead atoms. The van der Waals surface area contributed by atoms with E-state index < -0.39 is 49.1 Å². The predicted octanol–water partition coefficient (Wildman–Crippen LogP) is 4.96. The molecule has 1 aromatic carbocycles. The number of carbonyl (C=O) groups is 3. The molecule has 8 nitrogen and oxygen atoms in total. The smallest absolute Gasteiger partial charge is 0.410 e. The Hall–Kier alpha value is -2.53. The fraction of sp³-hybridized carbons (Fsp3) is 0.667. The predicted molar refractivity (Wildman–Crippen MR) is 144 cm³/mol. The topological polar surface area (TPSA) is 79.4 Å². The lowest BCUT2D eigenvalue weighted by atomic mass is 9.88. The number of hydrogen-bond donors (Lipinski definition) is 0. The number of carbonyl (C=O) groups excluding carboxylic acids is 3. The molecule has 2 atom stereocenters. The summed E-state index contributed by atoms with van der Waals surface area (Å²) in [5.74, 6) is -3.78. The number of halogens is 2. The Bertz CT molecular complexity index is 1030. The highest BCUT2D eigenvalue weighted by Gasteiger charge is 2.39. The Morgan fingerprint density at radius 3 is 2.29 bits per heavy atom. The molecule has 38 heavy (non-hydrogen) atoms. The number of amides is 3. The van der Waals surface area contributed by atoms with Crippen molar-refractivity contribution in [3.05, 3.63) is 29.3 Å². The summed E-state index contributed by atoms with van der Waals surface area (Å²) in [6, 6.07) is 3.13. The van der Waals surface area contributed by atoms with Gasteiger partial charge < -0.3 is 19.3 Å². The van der Waals surface area contributed by atoms with E-state index in [0.717, 1.165) is 10.9 Å². The maximum Gasteiger partial charge on any atom is 0.410 e. The van der Waals surface area contributed by atoms with Crippen LogP contribution in [0.1, 0.15) is 52.0 Å². The van der Waals surface area contributed by atoms with Gasteiger partial charge in [-0.05, 0) is 52.3 Å². The molecule has 212 valence electrons. The summed E-state index contributed by atoms with van der Waals surface area (Å²) in [4.78, 5) is 42.3. The third-order valence-electron chi connectivity index (χ3n) is 6.75.